The van der Waals surface area contributed by atoms with Gasteiger partial charge in [0.2, 0.25) is 0 Å². The molecule has 6 heteroatoms. The van der Waals surface area contributed by atoms with Crippen molar-refractivity contribution >= 4 is 12.0 Å². The second-order valence-corrected chi connectivity index (χ2v) is 5.04. The van der Waals surface area contributed by atoms with Gasteiger partial charge in [0.25, 0.3) is 0 Å². The standard InChI is InChI=1S/C11H22N2O4/c1-7(2)8(9(15)16)12-10(17)13(5)11(3,4)6-14/h7-8,14H,6H2,1-5H3,(H,12,17)(H,15,16). The summed E-state index contributed by atoms with van der Waals surface area (Å²) in [6, 6.07) is -1.44. The smallest absolute Gasteiger partial charge is 0.326 e. The molecule has 2 amide bonds. The minimum atomic E-state index is -1.07. The van der Waals surface area contributed by atoms with Crippen molar-refractivity contribution in [3.05, 3.63) is 0 Å². The molecular weight excluding hydrogens is 224 g/mol. The predicted octanol–water partition coefficient (Wildman–Crippen LogP) is 0.508. The fourth-order valence-electron chi connectivity index (χ4n) is 1.12. The van der Waals surface area contributed by atoms with E-state index in [1.165, 1.54) is 11.9 Å². The zero-order chi connectivity index (χ0) is 13.8. The molecule has 0 aliphatic carbocycles. The number of aliphatic carboxylic acids is 1. The minimum absolute atomic E-state index is 0.198. The molecule has 0 aromatic heterocycles. The number of likely N-dealkylation sites (N-methyl/N-ethyl adjacent to an activating group) is 1. The van der Waals surface area contributed by atoms with Gasteiger partial charge in [0.15, 0.2) is 0 Å². The lowest BCUT2D eigenvalue weighted by Crippen LogP contribution is -2.56. The highest BCUT2D eigenvalue weighted by Gasteiger charge is 2.30. The summed E-state index contributed by atoms with van der Waals surface area (Å²) in [7, 11) is 1.52. The van der Waals surface area contributed by atoms with Crippen LogP contribution in [0.15, 0.2) is 0 Å². The van der Waals surface area contributed by atoms with Crippen molar-refractivity contribution in [1.29, 1.82) is 0 Å². The highest BCUT2D eigenvalue weighted by molar-refractivity contribution is 5.83. The van der Waals surface area contributed by atoms with Gasteiger partial charge in [0, 0.05) is 7.05 Å². The maximum absolute atomic E-state index is 11.8. The molecule has 0 aliphatic rings. The number of carboxylic acid groups (broad SMARTS) is 1. The minimum Gasteiger partial charge on any atom is -0.480 e. The molecule has 100 valence electrons. The number of hydrogen-bond acceptors (Lipinski definition) is 3. The molecule has 3 N–H and O–H groups in total. The van der Waals surface area contributed by atoms with Gasteiger partial charge in [-0.05, 0) is 19.8 Å². The molecular formula is C11H22N2O4. The molecule has 6 nitrogen and oxygen atoms in total. The largest absolute Gasteiger partial charge is 0.480 e. The molecule has 0 saturated carbocycles. The number of nitrogens with zero attached hydrogens (tertiary/aromatic N) is 1. The van der Waals surface area contributed by atoms with Crippen molar-refractivity contribution in [3.8, 4) is 0 Å². The van der Waals surface area contributed by atoms with Gasteiger partial charge in [-0.15, -0.1) is 0 Å². The van der Waals surface area contributed by atoms with Crippen LogP contribution >= 0.6 is 0 Å². The van der Waals surface area contributed by atoms with E-state index in [0.717, 1.165) is 0 Å². The number of urea groups is 1. The molecule has 17 heavy (non-hydrogen) atoms. The number of aliphatic hydroxyl groups is 1. The number of rotatable bonds is 5. The SMILES string of the molecule is CC(C)C(NC(=O)N(C)C(C)(C)CO)C(=O)O. The monoisotopic (exact) mass is 246 g/mol. The van der Waals surface area contributed by atoms with Crippen molar-refractivity contribution in [2.45, 2.75) is 39.3 Å². The average Bonchev–Trinajstić information content (AvgIpc) is 2.23. The van der Waals surface area contributed by atoms with Crippen molar-refractivity contribution in [1.82, 2.24) is 10.2 Å². The number of carbonyl (C=O) groups is 2. The molecule has 0 fully saturated rings. The second-order valence-electron chi connectivity index (χ2n) is 5.04. The van der Waals surface area contributed by atoms with Gasteiger partial charge < -0.3 is 20.4 Å². The van der Waals surface area contributed by atoms with Gasteiger partial charge >= 0.3 is 12.0 Å². The number of aliphatic hydroxyl groups excluding tert-OH is 1. The number of amides is 2. The van der Waals surface area contributed by atoms with Crippen molar-refractivity contribution in [2.75, 3.05) is 13.7 Å². The van der Waals surface area contributed by atoms with Crippen molar-refractivity contribution in [2.24, 2.45) is 5.92 Å². The number of nitrogens with one attached hydrogen (secondary N) is 1. The normalized spacial score (nSPS) is 13.4. The topological polar surface area (TPSA) is 89.9 Å². The van der Waals surface area contributed by atoms with E-state index in [2.05, 4.69) is 5.32 Å². The first-order valence-electron chi connectivity index (χ1n) is 5.51. The Hall–Kier alpha value is -1.30. The third-order valence-corrected chi connectivity index (χ3v) is 2.81. The molecule has 1 atom stereocenters. The highest BCUT2D eigenvalue weighted by Crippen LogP contribution is 2.12. The number of carbonyl (C=O) groups excluding carboxylic acids is 1. The summed E-state index contributed by atoms with van der Waals surface area (Å²) in [6.45, 7) is 6.62. The third-order valence-electron chi connectivity index (χ3n) is 2.81. The first-order chi connectivity index (χ1) is 7.63. The zero-order valence-corrected chi connectivity index (χ0v) is 11.0. The Bertz CT molecular complexity index is 289. The Balaban J connectivity index is 4.68. The fraction of sp³-hybridized carbons (Fsp3) is 0.818. The van der Waals surface area contributed by atoms with Crippen LogP contribution in [0.2, 0.25) is 0 Å². The molecule has 0 heterocycles. The van der Waals surface area contributed by atoms with Crippen LogP contribution in [0, 0.1) is 5.92 Å². The summed E-state index contributed by atoms with van der Waals surface area (Å²) in [5.41, 5.74) is -0.732. The highest BCUT2D eigenvalue weighted by atomic mass is 16.4. The Morgan fingerprint density at radius 1 is 1.35 bits per heavy atom. The fourth-order valence-corrected chi connectivity index (χ4v) is 1.12. The lowest BCUT2D eigenvalue weighted by Gasteiger charge is -2.35. The molecule has 0 spiro atoms. The van der Waals surface area contributed by atoms with E-state index >= 15 is 0 Å². The van der Waals surface area contributed by atoms with Crippen LogP contribution in [0.3, 0.4) is 0 Å². The number of hydrogen-bond donors (Lipinski definition) is 3. The average molecular weight is 246 g/mol. The van der Waals surface area contributed by atoms with E-state index in [1.807, 2.05) is 0 Å². The summed E-state index contributed by atoms with van der Waals surface area (Å²) in [6.07, 6.45) is 0. The molecule has 0 aromatic carbocycles. The molecule has 1 unspecified atom stereocenters. The van der Waals surface area contributed by atoms with Gasteiger partial charge in [0.05, 0.1) is 12.1 Å². The summed E-state index contributed by atoms with van der Waals surface area (Å²) in [5.74, 6) is -1.27. The van der Waals surface area contributed by atoms with E-state index < -0.39 is 23.6 Å². The lowest BCUT2D eigenvalue weighted by atomic mass is 10.0. The van der Waals surface area contributed by atoms with Crippen molar-refractivity contribution < 1.29 is 19.8 Å². The molecule has 0 radical (unpaired) electrons. The Labute approximate surface area is 102 Å². The predicted molar refractivity (Wildman–Crippen MR) is 63.7 cm³/mol. The van der Waals surface area contributed by atoms with Crippen LogP contribution in [0.5, 0.6) is 0 Å². The van der Waals surface area contributed by atoms with Gasteiger partial charge in [-0.3, -0.25) is 0 Å². The molecule has 0 saturated heterocycles. The summed E-state index contributed by atoms with van der Waals surface area (Å²) < 4.78 is 0. The maximum atomic E-state index is 11.8. The molecule has 0 rings (SSSR count). The van der Waals surface area contributed by atoms with Gasteiger partial charge in [-0.25, -0.2) is 9.59 Å². The van der Waals surface area contributed by atoms with E-state index in [-0.39, 0.29) is 12.5 Å². The van der Waals surface area contributed by atoms with Crippen molar-refractivity contribution in [3.63, 3.8) is 0 Å². The second kappa shape index (κ2) is 5.86. The lowest BCUT2D eigenvalue weighted by molar-refractivity contribution is -0.140. The first-order valence-corrected chi connectivity index (χ1v) is 5.51. The van der Waals surface area contributed by atoms with E-state index in [1.54, 1.807) is 27.7 Å². The first kappa shape index (κ1) is 15.7. The Morgan fingerprint density at radius 3 is 2.12 bits per heavy atom. The summed E-state index contributed by atoms with van der Waals surface area (Å²) in [4.78, 5) is 24.0. The van der Waals surface area contributed by atoms with Crippen LogP contribution in [-0.2, 0) is 4.79 Å². The van der Waals surface area contributed by atoms with Crippen LogP contribution in [-0.4, -0.2) is 52.3 Å². The molecule has 0 aromatic rings. The van der Waals surface area contributed by atoms with E-state index in [9.17, 15) is 9.59 Å². The quantitative estimate of drug-likeness (QED) is 0.659. The Morgan fingerprint density at radius 2 is 1.82 bits per heavy atom. The van der Waals surface area contributed by atoms with Crippen LogP contribution in [0.1, 0.15) is 27.7 Å². The van der Waals surface area contributed by atoms with Crippen LogP contribution in [0.25, 0.3) is 0 Å². The summed E-state index contributed by atoms with van der Waals surface area (Å²) >= 11 is 0. The van der Waals surface area contributed by atoms with Crippen LogP contribution in [0.4, 0.5) is 4.79 Å². The maximum Gasteiger partial charge on any atom is 0.326 e. The van der Waals surface area contributed by atoms with Gasteiger partial charge in [-0.1, -0.05) is 13.8 Å². The Kier molecular flexibility index (Phi) is 5.41. The van der Waals surface area contributed by atoms with Gasteiger partial charge in [0.1, 0.15) is 6.04 Å². The molecule has 0 bridgehead atoms. The van der Waals surface area contributed by atoms with Crippen LogP contribution < -0.4 is 5.32 Å². The summed E-state index contributed by atoms with van der Waals surface area (Å²) in [5, 5.41) is 20.5. The van der Waals surface area contributed by atoms with E-state index in [4.69, 9.17) is 10.2 Å². The zero-order valence-electron chi connectivity index (χ0n) is 11.0. The number of carboxylic acids is 1. The van der Waals surface area contributed by atoms with E-state index in [0.29, 0.717) is 0 Å². The van der Waals surface area contributed by atoms with Gasteiger partial charge in [-0.2, -0.15) is 0 Å². The third kappa shape index (κ3) is 4.22. The molecule has 0 aliphatic heterocycles.